The summed E-state index contributed by atoms with van der Waals surface area (Å²) >= 11 is 0. The summed E-state index contributed by atoms with van der Waals surface area (Å²) in [5, 5.41) is 1.03. The summed E-state index contributed by atoms with van der Waals surface area (Å²) in [6, 6.07) is 4.21. The molecule has 2 atom stereocenters. The number of hydrogen-bond donors (Lipinski definition) is 1. The first-order chi connectivity index (χ1) is 15.5. The fourth-order valence-corrected chi connectivity index (χ4v) is 7.14. The maximum atomic E-state index is 13.5. The minimum absolute atomic E-state index is 0.140. The quantitative estimate of drug-likeness (QED) is 0.597. The lowest BCUT2D eigenvalue weighted by molar-refractivity contribution is -0.177. The van der Waals surface area contributed by atoms with E-state index in [0.29, 0.717) is 5.92 Å². The standard InChI is InChI=1S/C27H36N2O3/c1-18-23(25(30)32-26(2)12-4-3-5-13-26)24-20-17-19-9-8-16-29-15-7-6-14-27(19,29)31-22(20)11-10-21(24)28-18/h10-11,19,28H,3-9,12-17H2,1-2H3. The maximum absolute atomic E-state index is 13.5. The number of nitrogens with zero attached hydrogens (tertiary/aromatic N) is 1. The molecule has 1 aromatic carbocycles. The van der Waals surface area contributed by atoms with Crippen molar-refractivity contribution >= 4 is 16.9 Å². The highest BCUT2D eigenvalue weighted by Crippen LogP contribution is 2.50. The molecule has 5 heteroatoms. The molecule has 4 aliphatic rings. The Balaban J connectivity index is 1.41. The van der Waals surface area contributed by atoms with E-state index in [0.717, 1.165) is 79.5 Å². The molecule has 1 spiro atoms. The Labute approximate surface area is 190 Å². The Morgan fingerprint density at radius 1 is 1.09 bits per heavy atom. The molecular weight excluding hydrogens is 400 g/mol. The molecule has 0 amide bonds. The highest BCUT2D eigenvalue weighted by molar-refractivity contribution is 6.07. The van der Waals surface area contributed by atoms with Gasteiger partial charge in [0.2, 0.25) is 0 Å². The van der Waals surface area contributed by atoms with E-state index in [1.54, 1.807) is 0 Å². The number of H-pyrrole nitrogens is 1. The summed E-state index contributed by atoms with van der Waals surface area (Å²) in [7, 11) is 0. The average molecular weight is 437 g/mol. The van der Waals surface area contributed by atoms with Gasteiger partial charge in [0.25, 0.3) is 0 Å². The number of aryl methyl sites for hydroxylation is 1. The average Bonchev–Trinajstić information content (AvgIpc) is 3.13. The van der Waals surface area contributed by atoms with Gasteiger partial charge in [-0.2, -0.15) is 0 Å². The molecule has 2 saturated heterocycles. The van der Waals surface area contributed by atoms with Crippen molar-refractivity contribution in [3.05, 3.63) is 29.0 Å². The molecule has 1 N–H and O–H groups in total. The minimum Gasteiger partial charge on any atom is -0.472 e. The number of ether oxygens (including phenoxy) is 2. The van der Waals surface area contributed by atoms with Crippen LogP contribution in [0.15, 0.2) is 12.1 Å². The summed E-state index contributed by atoms with van der Waals surface area (Å²) in [5.41, 5.74) is 3.37. The Hall–Kier alpha value is -2.01. The van der Waals surface area contributed by atoms with Crippen molar-refractivity contribution in [1.82, 2.24) is 9.88 Å². The van der Waals surface area contributed by atoms with Gasteiger partial charge in [-0.25, -0.2) is 4.79 Å². The largest absolute Gasteiger partial charge is 0.472 e. The van der Waals surface area contributed by atoms with Crippen LogP contribution < -0.4 is 4.74 Å². The second kappa shape index (κ2) is 7.51. The number of esters is 1. The van der Waals surface area contributed by atoms with E-state index < -0.39 is 0 Å². The Morgan fingerprint density at radius 2 is 1.88 bits per heavy atom. The van der Waals surface area contributed by atoms with Gasteiger partial charge < -0.3 is 14.5 Å². The van der Waals surface area contributed by atoms with Crippen molar-refractivity contribution in [3.8, 4) is 5.75 Å². The molecule has 1 aliphatic carbocycles. The maximum Gasteiger partial charge on any atom is 0.341 e. The predicted octanol–water partition coefficient (Wildman–Crippen LogP) is 5.88. The molecule has 2 aromatic rings. The van der Waals surface area contributed by atoms with Gasteiger partial charge in [-0.1, -0.05) is 6.42 Å². The summed E-state index contributed by atoms with van der Waals surface area (Å²) in [6.07, 6.45) is 12.5. The SMILES string of the molecule is Cc1[nH]c2ccc3c(c2c1C(=O)OC1(C)CCCCC1)CC1CCCN2CCCCC12O3. The van der Waals surface area contributed by atoms with Gasteiger partial charge in [0.1, 0.15) is 11.4 Å². The van der Waals surface area contributed by atoms with Crippen LogP contribution in [0.5, 0.6) is 5.75 Å². The van der Waals surface area contributed by atoms with E-state index >= 15 is 0 Å². The van der Waals surface area contributed by atoms with Gasteiger partial charge in [0.15, 0.2) is 5.72 Å². The molecular formula is C27H36N2O3. The van der Waals surface area contributed by atoms with Crippen LogP contribution >= 0.6 is 0 Å². The second-order valence-corrected chi connectivity index (χ2v) is 10.9. The third kappa shape index (κ3) is 3.11. The summed E-state index contributed by atoms with van der Waals surface area (Å²) in [6.45, 7) is 6.40. The monoisotopic (exact) mass is 436 g/mol. The van der Waals surface area contributed by atoms with Gasteiger partial charge in [0.05, 0.1) is 5.56 Å². The van der Waals surface area contributed by atoms with Crippen LogP contribution in [-0.4, -0.2) is 40.3 Å². The number of carbonyl (C=O) groups is 1. The van der Waals surface area contributed by atoms with Crippen molar-refractivity contribution in [2.75, 3.05) is 13.1 Å². The van der Waals surface area contributed by atoms with Gasteiger partial charge in [-0.3, -0.25) is 4.90 Å². The zero-order valence-electron chi connectivity index (χ0n) is 19.6. The van der Waals surface area contributed by atoms with Crippen LogP contribution in [0.2, 0.25) is 0 Å². The molecule has 0 radical (unpaired) electrons. The number of aromatic amines is 1. The fourth-order valence-electron chi connectivity index (χ4n) is 7.14. The lowest BCUT2D eigenvalue weighted by Crippen LogP contribution is -2.64. The third-order valence-corrected chi connectivity index (χ3v) is 8.78. The minimum atomic E-state index is -0.341. The van der Waals surface area contributed by atoms with Crippen molar-refractivity contribution < 1.29 is 14.3 Å². The number of piperidine rings is 2. The summed E-state index contributed by atoms with van der Waals surface area (Å²) in [4.78, 5) is 19.6. The summed E-state index contributed by atoms with van der Waals surface area (Å²) < 4.78 is 13.1. The second-order valence-electron chi connectivity index (χ2n) is 10.9. The normalized spacial score (nSPS) is 29.5. The molecule has 1 saturated carbocycles. The number of benzene rings is 1. The molecule has 1 aromatic heterocycles. The Kier molecular flexibility index (Phi) is 4.83. The van der Waals surface area contributed by atoms with E-state index in [4.69, 9.17) is 9.47 Å². The van der Waals surface area contributed by atoms with E-state index in [1.165, 1.54) is 37.7 Å². The highest BCUT2D eigenvalue weighted by atomic mass is 16.6. The zero-order chi connectivity index (χ0) is 21.9. The number of nitrogens with one attached hydrogen (secondary N) is 1. The molecule has 0 bridgehead atoms. The number of rotatable bonds is 2. The molecule has 5 nitrogen and oxygen atoms in total. The number of aromatic nitrogens is 1. The Morgan fingerprint density at radius 3 is 2.72 bits per heavy atom. The summed E-state index contributed by atoms with van der Waals surface area (Å²) in [5.74, 6) is 1.29. The van der Waals surface area contributed by atoms with E-state index in [1.807, 2.05) is 6.92 Å². The van der Waals surface area contributed by atoms with Crippen LogP contribution in [0, 0.1) is 12.8 Å². The molecule has 2 unspecified atom stereocenters. The molecule has 3 fully saturated rings. The van der Waals surface area contributed by atoms with Gasteiger partial charge >= 0.3 is 5.97 Å². The first-order valence-corrected chi connectivity index (χ1v) is 12.8. The van der Waals surface area contributed by atoms with Crippen LogP contribution in [0.1, 0.15) is 92.7 Å². The molecule has 172 valence electrons. The van der Waals surface area contributed by atoms with Crippen molar-refractivity contribution in [3.63, 3.8) is 0 Å². The molecule has 3 aliphatic heterocycles. The lowest BCUT2D eigenvalue weighted by atomic mass is 9.74. The Bertz CT molecular complexity index is 1050. The fraction of sp³-hybridized carbons (Fsp3) is 0.667. The third-order valence-electron chi connectivity index (χ3n) is 8.78. The smallest absolute Gasteiger partial charge is 0.341 e. The van der Waals surface area contributed by atoms with Gasteiger partial charge in [0, 0.05) is 47.6 Å². The van der Waals surface area contributed by atoms with Crippen LogP contribution in [0.25, 0.3) is 10.9 Å². The van der Waals surface area contributed by atoms with Gasteiger partial charge in [-0.05, 0) is 83.8 Å². The van der Waals surface area contributed by atoms with Crippen molar-refractivity contribution in [2.45, 2.75) is 95.8 Å². The van der Waals surface area contributed by atoms with E-state index in [2.05, 4.69) is 28.9 Å². The van der Waals surface area contributed by atoms with Crippen LogP contribution in [0.4, 0.5) is 0 Å². The first-order valence-electron chi connectivity index (χ1n) is 12.8. The molecule has 32 heavy (non-hydrogen) atoms. The predicted molar refractivity (Wildman–Crippen MR) is 125 cm³/mol. The number of hydrogen-bond acceptors (Lipinski definition) is 4. The van der Waals surface area contributed by atoms with E-state index in [-0.39, 0.29) is 17.3 Å². The first kappa shape index (κ1) is 20.6. The number of carbonyl (C=O) groups excluding carboxylic acids is 1. The lowest BCUT2D eigenvalue weighted by Gasteiger charge is -2.56. The number of fused-ring (bicyclic) bond motifs is 3. The van der Waals surface area contributed by atoms with E-state index in [9.17, 15) is 4.79 Å². The molecule has 4 heterocycles. The van der Waals surface area contributed by atoms with Crippen molar-refractivity contribution in [1.29, 1.82) is 0 Å². The zero-order valence-corrected chi connectivity index (χ0v) is 19.6. The molecule has 6 rings (SSSR count). The van der Waals surface area contributed by atoms with Gasteiger partial charge in [-0.15, -0.1) is 0 Å². The van der Waals surface area contributed by atoms with Crippen molar-refractivity contribution in [2.24, 2.45) is 5.92 Å². The van der Waals surface area contributed by atoms with Crippen LogP contribution in [0.3, 0.4) is 0 Å². The van der Waals surface area contributed by atoms with Crippen LogP contribution in [-0.2, 0) is 11.2 Å². The highest BCUT2D eigenvalue weighted by Gasteiger charge is 2.52. The topological polar surface area (TPSA) is 54.6 Å².